The Hall–Kier alpha value is -3.45. The molecule has 35 heavy (non-hydrogen) atoms. The third kappa shape index (κ3) is 4.60. The second-order valence-electron chi connectivity index (χ2n) is 9.47. The third-order valence-electron chi connectivity index (χ3n) is 5.89. The first-order valence-corrected chi connectivity index (χ1v) is 12.2. The Kier molecular flexibility index (Phi) is 6.81. The van der Waals surface area contributed by atoms with Crippen LogP contribution in [0.25, 0.3) is 17.0 Å². The highest BCUT2D eigenvalue weighted by Crippen LogP contribution is 2.31. The number of aromatic amines is 1. The number of hydrogen-bond donors (Lipinski definition) is 1. The highest BCUT2D eigenvalue weighted by molar-refractivity contribution is 6.44. The standard InChI is InChI=1S/C27H29ClN4O3/c1-6-7-21-22(26(34)32(29-21)20-10-8-19(28)9-11-20)23-24(30-14-17(4)12-18(5)15-30)27(35)31(25(23)33)13-16(2)3/h8-12,14-16H,6-7,13H2,1-5H3/p+1. The summed E-state index contributed by atoms with van der Waals surface area (Å²) in [6, 6.07) is 8.87. The topological polar surface area (TPSA) is 79.1 Å². The summed E-state index contributed by atoms with van der Waals surface area (Å²) in [6.45, 7) is 10.0. The molecule has 3 heterocycles. The van der Waals surface area contributed by atoms with Gasteiger partial charge in [-0.2, -0.15) is 4.57 Å². The van der Waals surface area contributed by atoms with Crippen LogP contribution in [0.1, 0.15) is 49.6 Å². The number of amides is 2. The number of hydrogen-bond acceptors (Lipinski definition) is 3. The summed E-state index contributed by atoms with van der Waals surface area (Å²) >= 11 is 6.04. The molecule has 0 aliphatic carbocycles. The molecule has 0 fully saturated rings. The smallest absolute Gasteiger partial charge is 0.294 e. The number of halogens is 1. The van der Waals surface area contributed by atoms with Crippen molar-refractivity contribution in [2.45, 2.75) is 47.5 Å². The van der Waals surface area contributed by atoms with Gasteiger partial charge in [0.1, 0.15) is 5.57 Å². The second kappa shape index (κ2) is 9.66. The maximum absolute atomic E-state index is 13.8. The summed E-state index contributed by atoms with van der Waals surface area (Å²) in [5, 5.41) is 3.74. The molecule has 182 valence electrons. The van der Waals surface area contributed by atoms with Crippen LogP contribution in [0.2, 0.25) is 5.02 Å². The molecular weight excluding hydrogens is 464 g/mol. The van der Waals surface area contributed by atoms with Crippen molar-refractivity contribution >= 4 is 34.7 Å². The van der Waals surface area contributed by atoms with Gasteiger partial charge in [0.15, 0.2) is 12.4 Å². The maximum Gasteiger partial charge on any atom is 0.326 e. The predicted molar refractivity (Wildman–Crippen MR) is 136 cm³/mol. The third-order valence-corrected chi connectivity index (χ3v) is 6.14. The summed E-state index contributed by atoms with van der Waals surface area (Å²) in [5.41, 5.74) is 3.33. The Morgan fingerprint density at radius 2 is 1.63 bits per heavy atom. The molecular formula is C27H30ClN4O3+. The van der Waals surface area contributed by atoms with Crippen molar-refractivity contribution < 1.29 is 14.2 Å². The number of aryl methyl sites for hydroxylation is 3. The van der Waals surface area contributed by atoms with E-state index in [1.54, 1.807) is 28.8 Å². The Morgan fingerprint density at radius 1 is 1.00 bits per heavy atom. The zero-order chi connectivity index (χ0) is 25.4. The molecule has 8 heteroatoms. The number of rotatable bonds is 7. The molecule has 1 aliphatic heterocycles. The molecule has 0 spiro atoms. The van der Waals surface area contributed by atoms with E-state index in [0.717, 1.165) is 17.5 Å². The van der Waals surface area contributed by atoms with Crippen LogP contribution in [0.5, 0.6) is 0 Å². The van der Waals surface area contributed by atoms with Crippen molar-refractivity contribution in [1.29, 1.82) is 0 Å². The molecule has 3 aromatic rings. The lowest BCUT2D eigenvalue weighted by Crippen LogP contribution is -2.41. The van der Waals surface area contributed by atoms with Crippen LogP contribution >= 0.6 is 11.6 Å². The minimum atomic E-state index is -0.443. The fraction of sp³-hybridized carbons (Fsp3) is 0.333. The van der Waals surface area contributed by atoms with Gasteiger partial charge in [-0.1, -0.05) is 38.8 Å². The molecule has 4 rings (SSSR count). The van der Waals surface area contributed by atoms with Gasteiger partial charge >= 0.3 is 5.91 Å². The molecule has 0 saturated heterocycles. The van der Waals surface area contributed by atoms with E-state index in [4.69, 9.17) is 11.6 Å². The number of carbonyl (C=O) groups is 2. The van der Waals surface area contributed by atoms with Crippen LogP contribution in [0.4, 0.5) is 0 Å². The minimum absolute atomic E-state index is 0.0832. The summed E-state index contributed by atoms with van der Waals surface area (Å²) in [7, 11) is 0. The monoisotopic (exact) mass is 493 g/mol. The molecule has 0 saturated carbocycles. The number of nitrogens with zero attached hydrogens (tertiary/aromatic N) is 3. The van der Waals surface area contributed by atoms with Crippen LogP contribution in [0.15, 0.2) is 47.5 Å². The van der Waals surface area contributed by atoms with E-state index in [-0.39, 0.29) is 34.9 Å². The minimum Gasteiger partial charge on any atom is -0.294 e. The predicted octanol–water partition coefficient (Wildman–Crippen LogP) is 4.07. The van der Waals surface area contributed by atoms with Crippen LogP contribution in [-0.4, -0.2) is 33.0 Å². The zero-order valence-electron chi connectivity index (χ0n) is 20.7. The van der Waals surface area contributed by atoms with Crippen LogP contribution in [0.3, 0.4) is 0 Å². The Morgan fingerprint density at radius 3 is 2.20 bits per heavy atom. The van der Waals surface area contributed by atoms with Gasteiger partial charge in [-0.3, -0.25) is 24.4 Å². The van der Waals surface area contributed by atoms with Gasteiger partial charge in [-0.15, -0.1) is 0 Å². The van der Waals surface area contributed by atoms with Crippen molar-refractivity contribution in [3.05, 3.63) is 80.5 Å². The fourth-order valence-electron chi connectivity index (χ4n) is 4.54. The van der Waals surface area contributed by atoms with Gasteiger partial charge in [-0.25, -0.2) is 4.68 Å². The molecule has 2 aromatic heterocycles. The van der Waals surface area contributed by atoms with Gasteiger partial charge in [0.2, 0.25) is 0 Å². The first-order chi connectivity index (χ1) is 16.6. The van der Waals surface area contributed by atoms with E-state index in [1.165, 1.54) is 9.58 Å². The number of pyridine rings is 1. The average molecular weight is 494 g/mol. The number of imide groups is 1. The second-order valence-corrected chi connectivity index (χ2v) is 9.90. The van der Waals surface area contributed by atoms with Crippen molar-refractivity contribution in [1.82, 2.24) is 14.7 Å². The quantitative estimate of drug-likeness (QED) is 0.398. The lowest BCUT2D eigenvalue weighted by Gasteiger charge is -2.16. The fourth-order valence-corrected chi connectivity index (χ4v) is 4.67. The van der Waals surface area contributed by atoms with Crippen molar-refractivity contribution in [2.75, 3.05) is 6.54 Å². The lowest BCUT2D eigenvalue weighted by molar-refractivity contribution is -0.577. The normalized spacial score (nSPS) is 14.1. The van der Waals surface area contributed by atoms with Gasteiger partial charge in [0.05, 0.1) is 11.3 Å². The summed E-state index contributed by atoms with van der Waals surface area (Å²) in [6.07, 6.45) is 4.93. The van der Waals surface area contributed by atoms with Gasteiger partial charge < -0.3 is 0 Å². The molecule has 1 N–H and O–H groups in total. The van der Waals surface area contributed by atoms with Crippen LogP contribution in [0, 0.1) is 19.8 Å². The molecule has 0 bridgehead atoms. The molecule has 0 unspecified atom stereocenters. The van der Waals surface area contributed by atoms with Crippen LogP contribution in [-0.2, 0) is 16.0 Å². The van der Waals surface area contributed by atoms with E-state index in [2.05, 4.69) is 5.10 Å². The molecule has 0 atom stereocenters. The largest absolute Gasteiger partial charge is 0.326 e. The van der Waals surface area contributed by atoms with Crippen molar-refractivity contribution in [3.8, 4) is 5.69 Å². The average Bonchev–Trinajstić information content (AvgIpc) is 3.21. The van der Waals surface area contributed by atoms with E-state index in [1.807, 2.05) is 53.1 Å². The van der Waals surface area contributed by atoms with E-state index in [9.17, 15) is 14.4 Å². The Bertz CT molecular complexity index is 1380. The number of nitrogens with one attached hydrogen (secondary N) is 1. The maximum atomic E-state index is 13.8. The number of H-pyrrole nitrogens is 1. The zero-order valence-corrected chi connectivity index (χ0v) is 21.4. The first kappa shape index (κ1) is 24.7. The van der Waals surface area contributed by atoms with E-state index in [0.29, 0.717) is 22.8 Å². The van der Waals surface area contributed by atoms with Gasteiger partial charge in [-0.05, 0) is 56.5 Å². The summed E-state index contributed by atoms with van der Waals surface area (Å²) in [5.74, 6) is -0.753. The summed E-state index contributed by atoms with van der Waals surface area (Å²) < 4.78 is 3.10. The van der Waals surface area contributed by atoms with Gasteiger partial charge in [0.25, 0.3) is 17.2 Å². The molecule has 0 radical (unpaired) electrons. The van der Waals surface area contributed by atoms with Crippen molar-refractivity contribution in [3.63, 3.8) is 0 Å². The SMILES string of the molecule is CCCc1[nH]n(-c2ccc(Cl)cc2)c(=O)c1C1=C([n+]2cc(C)cc(C)c2)C(=O)N(CC(C)C)C1=O. The van der Waals surface area contributed by atoms with Crippen molar-refractivity contribution in [2.24, 2.45) is 5.92 Å². The number of benzene rings is 1. The highest BCUT2D eigenvalue weighted by atomic mass is 35.5. The Labute approximate surface area is 209 Å². The number of carbonyl (C=O) groups excluding carboxylic acids is 2. The number of aromatic nitrogens is 3. The first-order valence-electron chi connectivity index (χ1n) is 11.8. The Balaban J connectivity index is 2.02. The summed E-state index contributed by atoms with van der Waals surface area (Å²) in [4.78, 5) is 42.5. The van der Waals surface area contributed by atoms with Crippen LogP contribution < -0.4 is 10.1 Å². The lowest BCUT2D eigenvalue weighted by atomic mass is 10.0. The van der Waals surface area contributed by atoms with Gasteiger partial charge in [0, 0.05) is 28.4 Å². The molecule has 1 aliphatic rings. The van der Waals surface area contributed by atoms with E-state index < -0.39 is 11.8 Å². The molecule has 1 aromatic carbocycles. The molecule has 7 nitrogen and oxygen atoms in total. The highest BCUT2D eigenvalue weighted by Gasteiger charge is 2.47. The van der Waals surface area contributed by atoms with E-state index >= 15 is 0 Å². The molecule has 2 amide bonds.